The maximum absolute atomic E-state index is 13.1. The summed E-state index contributed by atoms with van der Waals surface area (Å²) >= 11 is 6.23. The third kappa shape index (κ3) is 3.82. The summed E-state index contributed by atoms with van der Waals surface area (Å²) in [6.45, 7) is 2.43. The van der Waals surface area contributed by atoms with Crippen molar-refractivity contribution >= 4 is 62.3 Å². The molecule has 0 bridgehead atoms. The van der Waals surface area contributed by atoms with Crippen LogP contribution < -0.4 is 0 Å². The van der Waals surface area contributed by atoms with Crippen LogP contribution in [-0.4, -0.2) is 37.7 Å². The van der Waals surface area contributed by atoms with Gasteiger partial charge < -0.3 is 4.57 Å². The monoisotopic (exact) mass is 501 g/mol. The fourth-order valence-corrected chi connectivity index (χ4v) is 4.75. The van der Waals surface area contributed by atoms with Gasteiger partial charge in [0, 0.05) is 33.7 Å². The Bertz CT molecular complexity index is 1450. The molecule has 0 radical (unpaired) electrons. The number of nitrogens with one attached hydrogen (secondary N) is 1. The Hall–Kier alpha value is -3.37. The maximum atomic E-state index is 13.1. The quantitative estimate of drug-likeness (QED) is 0.459. The van der Waals surface area contributed by atoms with Crippen LogP contribution in [0.1, 0.15) is 16.8 Å². The molecule has 34 heavy (non-hydrogen) atoms. The molecule has 1 aromatic heterocycles. The average Bonchev–Trinajstić information content (AvgIpc) is 3.33. The van der Waals surface area contributed by atoms with Crippen molar-refractivity contribution in [3.05, 3.63) is 75.9 Å². The largest absolute Gasteiger partial charge is 0.441 e. The molecule has 0 saturated heterocycles. The van der Waals surface area contributed by atoms with E-state index in [-0.39, 0.29) is 22.5 Å². The van der Waals surface area contributed by atoms with Gasteiger partial charge in [-0.2, -0.15) is 28.3 Å². The second kappa shape index (κ2) is 8.14. The Morgan fingerprint density at radius 3 is 2.56 bits per heavy atom. The van der Waals surface area contributed by atoms with Gasteiger partial charge in [-0.15, -0.1) is 0 Å². The molecule has 1 N–H and O–H groups in total. The number of aliphatic imine (C=N–C) groups is 1. The summed E-state index contributed by atoms with van der Waals surface area (Å²) < 4.78 is 41.3. The summed E-state index contributed by atoms with van der Waals surface area (Å²) in [4.78, 5) is 16.4. The number of thioether (sulfide) groups is 1. The van der Waals surface area contributed by atoms with E-state index < -0.39 is 23.0 Å². The number of rotatable bonds is 3. The maximum Gasteiger partial charge on any atom is 0.441 e. The Kier molecular flexibility index (Phi) is 5.37. The highest BCUT2D eigenvalue weighted by atomic mass is 35.5. The number of hydrazone groups is 1. The van der Waals surface area contributed by atoms with E-state index in [0.717, 1.165) is 27.2 Å². The molecule has 6 nitrogen and oxygen atoms in total. The van der Waals surface area contributed by atoms with Crippen molar-refractivity contribution in [2.45, 2.75) is 19.6 Å². The zero-order valence-corrected chi connectivity index (χ0v) is 19.1. The van der Waals surface area contributed by atoms with Crippen molar-refractivity contribution in [2.24, 2.45) is 10.1 Å². The van der Waals surface area contributed by atoms with Crippen LogP contribution in [0.5, 0.6) is 0 Å². The summed E-state index contributed by atoms with van der Waals surface area (Å²) in [6, 6.07) is 15.1. The molecule has 2 aliphatic heterocycles. The van der Waals surface area contributed by atoms with Gasteiger partial charge >= 0.3 is 6.18 Å². The number of nitrogens with zero attached hydrogens (tertiary/aromatic N) is 4. The van der Waals surface area contributed by atoms with Crippen molar-refractivity contribution in [1.29, 1.82) is 5.41 Å². The minimum Gasteiger partial charge on any atom is -0.340 e. The number of aromatic nitrogens is 1. The van der Waals surface area contributed by atoms with Gasteiger partial charge in [0.15, 0.2) is 5.84 Å². The molecular formula is C23H15ClF3N5OS. The van der Waals surface area contributed by atoms with Crippen molar-refractivity contribution in [3.8, 4) is 0 Å². The summed E-state index contributed by atoms with van der Waals surface area (Å²) in [6.07, 6.45) is -3.18. The van der Waals surface area contributed by atoms with Gasteiger partial charge in [0.1, 0.15) is 0 Å². The van der Waals surface area contributed by atoms with E-state index in [4.69, 9.17) is 17.0 Å². The molecule has 0 aliphatic carbocycles. The Morgan fingerprint density at radius 2 is 1.85 bits per heavy atom. The first-order valence-electron chi connectivity index (χ1n) is 10.0. The number of carbonyl (C=O) groups excluding carboxylic acids is 1. The number of hydrogen-bond acceptors (Lipinski definition) is 4. The van der Waals surface area contributed by atoms with E-state index in [9.17, 15) is 18.0 Å². The summed E-state index contributed by atoms with van der Waals surface area (Å²) in [7, 11) is 0. The lowest BCUT2D eigenvalue weighted by atomic mass is 10.1. The highest BCUT2D eigenvalue weighted by Gasteiger charge is 2.46. The number of amidine groups is 2. The molecule has 2 aromatic carbocycles. The average molecular weight is 502 g/mol. The molecule has 11 heteroatoms. The van der Waals surface area contributed by atoms with Crippen molar-refractivity contribution in [3.63, 3.8) is 0 Å². The highest BCUT2D eigenvalue weighted by Crippen LogP contribution is 2.36. The summed E-state index contributed by atoms with van der Waals surface area (Å²) in [5.74, 6) is -1.23. The molecule has 3 aromatic rings. The number of halogens is 4. The number of hydrogen-bond donors (Lipinski definition) is 1. The first kappa shape index (κ1) is 22.4. The topological polar surface area (TPSA) is 73.8 Å². The summed E-state index contributed by atoms with van der Waals surface area (Å²) in [5.41, 5.74) is 3.31. The van der Waals surface area contributed by atoms with E-state index in [1.165, 1.54) is 6.08 Å². The lowest BCUT2D eigenvalue weighted by molar-refractivity contribution is -0.114. The number of carbonyl (C=O) groups is 1. The zero-order chi connectivity index (χ0) is 24.2. The van der Waals surface area contributed by atoms with Crippen LogP contribution in [0, 0.1) is 12.3 Å². The van der Waals surface area contributed by atoms with Gasteiger partial charge in [0.05, 0.1) is 5.57 Å². The SMILES string of the molecule is Cc1c(C=C2C(=N)N3N=C(C(F)(F)F)SC3=NC2=O)c2ccccc2n1Cc1ccc(Cl)cc1. The third-order valence-electron chi connectivity index (χ3n) is 5.52. The minimum absolute atomic E-state index is 0.131. The van der Waals surface area contributed by atoms with Gasteiger partial charge in [-0.1, -0.05) is 41.9 Å². The smallest absolute Gasteiger partial charge is 0.340 e. The first-order valence-corrected chi connectivity index (χ1v) is 11.2. The first-order chi connectivity index (χ1) is 16.1. The number of benzene rings is 2. The number of alkyl halides is 3. The van der Waals surface area contributed by atoms with Crippen LogP contribution in [0.15, 0.2) is 64.2 Å². The van der Waals surface area contributed by atoms with E-state index in [2.05, 4.69) is 14.7 Å². The molecule has 0 atom stereocenters. The van der Waals surface area contributed by atoms with Crippen LogP contribution in [0.3, 0.4) is 0 Å². The standard InChI is InChI=1S/C23H15ClF3N5OS/c1-12-16(10-17-19(28)32-22(29-20(17)33)34-21(30-32)23(25,26)27)15-4-2-3-5-18(15)31(12)11-13-6-8-14(24)9-7-13/h2-10,28H,11H2,1H3. The molecule has 0 saturated carbocycles. The Balaban J connectivity index is 1.59. The number of amides is 1. The van der Waals surface area contributed by atoms with Gasteiger partial charge in [-0.05, 0) is 48.5 Å². The van der Waals surface area contributed by atoms with E-state index >= 15 is 0 Å². The van der Waals surface area contributed by atoms with Gasteiger partial charge in [0.2, 0.25) is 10.2 Å². The van der Waals surface area contributed by atoms with Crippen molar-refractivity contribution in [2.75, 3.05) is 0 Å². The molecule has 3 heterocycles. The van der Waals surface area contributed by atoms with Crippen molar-refractivity contribution < 1.29 is 18.0 Å². The second-order valence-electron chi connectivity index (χ2n) is 7.65. The lowest BCUT2D eigenvalue weighted by Gasteiger charge is -2.20. The lowest BCUT2D eigenvalue weighted by Crippen LogP contribution is -2.35. The van der Waals surface area contributed by atoms with Crippen LogP contribution in [0.25, 0.3) is 17.0 Å². The second-order valence-corrected chi connectivity index (χ2v) is 9.04. The predicted octanol–water partition coefficient (Wildman–Crippen LogP) is 5.83. The van der Waals surface area contributed by atoms with Crippen LogP contribution in [0.2, 0.25) is 5.02 Å². The van der Waals surface area contributed by atoms with Gasteiger partial charge in [0.25, 0.3) is 5.91 Å². The van der Waals surface area contributed by atoms with Crippen molar-refractivity contribution in [1.82, 2.24) is 9.58 Å². The molecule has 0 fully saturated rings. The Labute approximate surface area is 200 Å². The highest BCUT2D eigenvalue weighted by molar-refractivity contribution is 8.27. The van der Waals surface area contributed by atoms with E-state index in [1.54, 1.807) is 0 Å². The van der Waals surface area contributed by atoms with Crippen LogP contribution in [-0.2, 0) is 11.3 Å². The predicted molar refractivity (Wildman–Crippen MR) is 128 cm³/mol. The normalized spacial score (nSPS) is 17.4. The molecule has 172 valence electrons. The summed E-state index contributed by atoms with van der Waals surface area (Å²) in [5, 5.41) is 12.6. The fourth-order valence-electron chi connectivity index (χ4n) is 3.87. The molecule has 1 amide bonds. The molecular weight excluding hydrogens is 487 g/mol. The number of fused-ring (bicyclic) bond motifs is 2. The van der Waals surface area contributed by atoms with Crippen LogP contribution >= 0.6 is 23.4 Å². The zero-order valence-electron chi connectivity index (χ0n) is 17.5. The molecule has 2 aliphatic rings. The molecule has 0 unspecified atom stereocenters. The third-order valence-corrected chi connectivity index (χ3v) is 6.72. The fraction of sp³-hybridized carbons (Fsp3) is 0.130. The molecule has 5 rings (SSSR count). The van der Waals surface area contributed by atoms with Crippen LogP contribution in [0.4, 0.5) is 13.2 Å². The van der Waals surface area contributed by atoms with E-state index in [1.807, 2.05) is 55.5 Å². The Morgan fingerprint density at radius 1 is 1.15 bits per heavy atom. The van der Waals surface area contributed by atoms with Gasteiger partial charge in [-0.3, -0.25) is 10.2 Å². The van der Waals surface area contributed by atoms with Gasteiger partial charge in [-0.25, -0.2) is 0 Å². The van der Waals surface area contributed by atoms with E-state index in [0.29, 0.717) is 17.1 Å². The molecule has 0 spiro atoms. The minimum atomic E-state index is -4.69. The number of para-hydroxylation sites is 1.